The molecule has 2 N–H and O–H groups in total. The molecular formula is C19H26O8. The van der Waals surface area contributed by atoms with Crippen LogP contribution in [0.25, 0.3) is 0 Å². The van der Waals surface area contributed by atoms with Crippen LogP contribution in [0.3, 0.4) is 0 Å². The van der Waals surface area contributed by atoms with Crippen molar-refractivity contribution >= 4 is 17.9 Å². The van der Waals surface area contributed by atoms with E-state index in [1.807, 2.05) is 6.92 Å². The summed E-state index contributed by atoms with van der Waals surface area (Å²) in [6.07, 6.45) is -2.81. The highest BCUT2D eigenvalue weighted by atomic mass is 16.6. The van der Waals surface area contributed by atoms with Gasteiger partial charge in [0.25, 0.3) is 0 Å². The molecule has 1 aliphatic heterocycles. The van der Waals surface area contributed by atoms with Gasteiger partial charge in [0, 0.05) is 25.7 Å². The van der Waals surface area contributed by atoms with Crippen LogP contribution >= 0.6 is 0 Å². The average molecular weight is 382 g/mol. The van der Waals surface area contributed by atoms with Crippen LogP contribution in [0.15, 0.2) is 11.1 Å². The average Bonchev–Trinajstić information content (AvgIpc) is 3.00. The Morgan fingerprint density at radius 2 is 2.00 bits per heavy atom. The Hall–Kier alpha value is -1.93. The zero-order valence-corrected chi connectivity index (χ0v) is 15.8. The smallest absolute Gasteiger partial charge is 0.309 e. The van der Waals surface area contributed by atoms with Gasteiger partial charge in [0.15, 0.2) is 11.7 Å². The van der Waals surface area contributed by atoms with Gasteiger partial charge in [0.05, 0.1) is 12.5 Å². The summed E-state index contributed by atoms with van der Waals surface area (Å²) in [6, 6.07) is 0. The van der Waals surface area contributed by atoms with Crippen LogP contribution in [-0.4, -0.2) is 58.1 Å². The van der Waals surface area contributed by atoms with Gasteiger partial charge in [0.1, 0.15) is 12.2 Å². The van der Waals surface area contributed by atoms with Gasteiger partial charge < -0.3 is 24.4 Å². The Morgan fingerprint density at radius 3 is 2.63 bits per heavy atom. The third-order valence-corrected chi connectivity index (χ3v) is 5.74. The maximum atomic E-state index is 12.1. The highest BCUT2D eigenvalue weighted by Gasteiger charge is 2.62. The van der Waals surface area contributed by atoms with E-state index in [4.69, 9.17) is 14.2 Å². The molecule has 150 valence electrons. The standard InChI is InChI=1S/C19H26O8/c1-4-5-15(22)26-14-7-13(25-10(3)20)11-6-12(21)9(2)17(11)18-19(14,24)8-16(23)27-18/h11-14,18,21,24H,4-8H2,1-3H3/t11-,12+,13?,14-,18?,19?/m0/s1. The maximum Gasteiger partial charge on any atom is 0.309 e. The lowest BCUT2D eigenvalue weighted by molar-refractivity contribution is -0.174. The van der Waals surface area contributed by atoms with Gasteiger partial charge in [-0.1, -0.05) is 6.92 Å². The van der Waals surface area contributed by atoms with Crippen LogP contribution in [0.4, 0.5) is 0 Å². The van der Waals surface area contributed by atoms with Crippen molar-refractivity contribution in [1.82, 2.24) is 0 Å². The third kappa shape index (κ3) is 3.48. The first-order valence-corrected chi connectivity index (χ1v) is 9.34. The second-order valence-electron chi connectivity index (χ2n) is 7.65. The molecule has 2 aliphatic carbocycles. The summed E-state index contributed by atoms with van der Waals surface area (Å²) in [5, 5.41) is 21.7. The third-order valence-electron chi connectivity index (χ3n) is 5.74. The molecule has 1 heterocycles. The monoisotopic (exact) mass is 382 g/mol. The highest BCUT2D eigenvalue weighted by Crippen LogP contribution is 2.50. The van der Waals surface area contributed by atoms with E-state index < -0.39 is 53.8 Å². The topological polar surface area (TPSA) is 119 Å². The van der Waals surface area contributed by atoms with E-state index in [9.17, 15) is 24.6 Å². The van der Waals surface area contributed by atoms with Crippen LogP contribution < -0.4 is 0 Å². The summed E-state index contributed by atoms with van der Waals surface area (Å²) in [5.41, 5.74) is -0.596. The molecule has 0 aromatic rings. The second-order valence-corrected chi connectivity index (χ2v) is 7.65. The fourth-order valence-corrected chi connectivity index (χ4v) is 4.49. The van der Waals surface area contributed by atoms with Crippen LogP contribution in [0.5, 0.6) is 0 Å². The molecular weight excluding hydrogens is 356 g/mol. The Kier molecular flexibility index (Phi) is 5.31. The van der Waals surface area contributed by atoms with Crippen molar-refractivity contribution in [3.05, 3.63) is 11.1 Å². The van der Waals surface area contributed by atoms with Crippen molar-refractivity contribution in [3.63, 3.8) is 0 Å². The van der Waals surface area contributed by atoms with Gasteiger partial charge in [-0.05, 0) is 30.9 Å². The Balaban J connectivity index is 2.04. The van der Waals surface area contributed by atoms with Crippen LogP contribution in [0.1, 0.15) is 52.9 Å². The van der Waals surface area contributed by atoms with Crippen molar-refractivity contribution in [3.8, 4) is 0 Å². The first-order chi connectivity index (χ1) is 12.7. The lowest BCUT2D eigenvalue weighted by Crippen LogP contribution is -2.51. The highest BCUT2D eigenvalue weighted by molar-refractivity contribution is 5.76. The van der Waals surface area contributed by atoms with Crippen LogP contribution in [-0.2, 0) is 28.6 Å². The Morgan fingerprint density at radius 1 is 1.30 bits per heavy atom. The molecule has 27 heavy (non-hydrogen) atoms. The number of hydrogen-bond donors (Lipinski definition) is 2. The van der Waals surface area contributed by atoms with E-state index in [2.05, 4.69) is 0 Å². The molecule has 1 saturated heterocycles. The van der Waals surface area contributed by atoms with Crippen molar-refractivity contribution in [1.29, 1.82) is 0 Å². The lowest BCUT2D eigenvalue weighted by atomic mass is 9.84. The largest absolute Gasteiger partial charge is 0.462 e. The van der Waals surface area contributed by atoms with Gasteiger partial charge in [-0.15, -0.1) is 0 Å². The minimum absolute atomic E-state index is 0.0346. The molecule has 0 radical (unpaired) electrons. The molecule has 8 heteroatoms. The molecule has 0 amide bonds. The van der Waals surface area contributed by atoms with Crippen LogP contribution in [0, 0.1) is 5.92 Å². The quantitative estimate of drug-likeness (QED) is 0.416. The molecule has 6 atom stereocenters. The molecule has 0 aromatic carbocycles. The van der Waals surface area contributed by atoms with Crippen LogP contribution in [0.2, 0.25) is 0 Å². The van der Waals surface area contributed by atoms with E-state index >= 15 is 0 Å². The van der Waals surface area contributed by atoms with Crippen molar-refractivity contribution in [2.75, 3.05) is 0 Å². The summed E-state index contributed by atoms with van der Waals surface area (Å²) in [4.78, 5) is 35.8. The Bertz CT molecular complexity index is 683. The molecule has 0 spiro atoms. The molecule has 1 saturated carbocycles. The van der Waals surface area contributed by atoms with Gasteiger partial charge in [-0.25, -0.2) is 0 Å². The number of aliphatic hydroxyl groups is 2. The van der Waals surface area contributed by atoms with Gasteiger partial charge >= 0.3 is 17.9 Å². The van der Waals surface area contributed by atoms with Gasteiger partial charge in [-0.3, -0.25) is 14.4 Å². The minimum atomic E-state index is -1.76. The molecule has 0 bridgehead atoms. The number of ether oxygens (including phenoxy) is 3. The normalized spacial score (nSPS) is 38.0. The summed E-state index contributed by atoms with van der Waals surface area (Å²) in [5.74, 6) is -2.01. The number of aliphatic hydroxyl groups excluding tert-OH is 1. The predicted octanol–water partition coefficient (Wildman–Crippen LogP) is 0.778. The minimum Gasteiger partial charge on any atom is -0.462 e. The SMILES string of the molecule is CCCC(=O)O[C@H]1CC(OC(C)=O)[C@@H]2C[C@@H](O)C(C)=C2C2OC(=O)CC21O. The molecule has 0 aromatic heterocycles. The van der Waals surface area contributed by atoms with Gasteiger partial charge in [-0.2, -0.15) is 0 Å². The number of rotatable bonds is 4. The molecule has 8 nitrogen and oxygen atoms in total. The first-order valence-electron chi connectivity index (χ1n) is 9.34. The van der Waals surface area contributed by atoms with Crippen molar-refractivity contribution in [2.45, 2.75) is 82.9 Å². The Labute approximate surface area is 157 Å². The zero-order valence-electron chi connectivity index (χ0n) is 15.8. The molecule has 3 unspecified atom stereocenters. The zero-order chi connectivity index (χ0) is 19.9. The summed E-state index contributed by atoms with van der Waals surface area (Å²) in [7, 11) is 0. The van der Waals surface area contributed by atoms with E-state index in [1.165, 1.54) is 6.92 Å². The summed E-state index contributed by atoms with van der Waals surface area (Å²) >= 11 is 0. The molecule has 3 aliphatic rings. The number of carbonyl (C=O) groups is 3. The summed E-state index contributed by atoms with van der Waals surface area (Å²) < 4.78 is 16.4. The van der Waals surface area contributed by atoms with Gasteiger partial charge in [0.2, 0.25) is 0 Å². The second kappa shape index (κ2) is 7.24. The summed E-state index contributed by atoms with van der Waals surface area (Å²) in [6.45, 7) is 4.82. The van der Waals surface area contributed by atoms with Crippen molar-refractivity contribution in [2.24, 2.45) is 5.92 Å². The molecule has 2 fully saturated rings. The first kappa shape index (κ1) is 19.8. The number of esters is 3. The van der Waals surface area contributed by atoms with Crippen molar-refractivity contribution < 1.29 is 38.8 Å². The number of hydrogen-bond acceptors (Lipinski definition) is 8. The fourth-order valence-electron chi connectivity index (χ4n) is 4.49. The lowest BCUT2D eigenvalue weighted by Gasteiger charge is -2.33. The fraction of sp³-hybridized carbons (Fsp3) is 0.737. The van der Waals surface area contributed by atoms with E-state index in [-0.39, 0.29) is 19.3 Å². The van der Waals surface area contributed by atoms with E-state index in [0.717, 1.165) is 0 Å². The predicted molar refractivity (Wildman–Crippen MR) is 91.2 cm³/mol. The number of fused-ring (bicyclic) bond motifs is 3. The maximum absolute atomic E-state index is 12.1. The number of carbonyl (C=O) groups excluding carboxylic acids is 3. The van der Waals surface area contributed by atoms with E-state index in [0.29, 0.717) is 24.0 Å². The van der Waals surface area contributed by atoms with E-state index in [1.54, 1.807) is 6.92 Å². The molecule has 3 rings (SSSR count).